The summed E-state index contributed by atoms with van der Waals surface area (Å²) in [5.41, 5.74) is 0.875. The van der Waals surface area contributed by atoms with Gasteiger partial charge in [0.1, 0.15) is 17.3 Å². The van der Waals surface area contributed by atoms with Gasteiger partial charge in [0.2, 0.25) is 11.3 Å². The number of hydrogen-bond acceptors (Lipinski definition) is 7. The molecule has 3 aliphatic rings. The molecular formula is C31H34ClF3N6O4. The Morgan fingerprint density at radius 2 is 1.71 bits per heavy atom. The Balaban J connectivity index is 1.39. The Bertz CT molecular complexity index is 1790. The maximum Gasteiger partial charge on any atom is 0.416 e. The number of amides is 2. The molecule has 2 amide bonds. The first-order chi connectivity index (χ1) is 21.0. The molecule has 1 aromatic carbocycles. The van der Waals surface area contributed by atoms with E-state index in [2.05, 4.69) is 15.3 Å². The Morgan fingerprint density at radius 3 is 2.33 bits per heavy atom. The molecule has 1 N–H and O–H groups in total. The molecule has 2 aliphatic heterocycles. The number of anilines is 2. The molecule has 0 bridgehead atoms. The van der Waals surface area contributed by atoms with E-state index in [0.717, 1.165) is 31.0 Å². The zero-order chi connectivity index (χ0) is 32.6. The van der Waals surface area contributed by atoms with Crippen molar-refractivity contribution in [1.29, 1.82) is 0 Å². The minimum atomic E-state index is -4.58. The highest BCUT2D eigenvalue weighted by Gasteiger charge is 2.48. The molecule has 0 radical (unpaired) electrons. The lowest BCUT2D eigenvalue weighted by atomic mass is 9.81. The van der Waals surface area contributed by atoms with Crippen molar-refractivity contribution in [2.75, 3.05) is 23.3 Å². The van der Waals surface area contributed by atoms with Crippen molar-refractivity contribution < 1.29 is 27.5 Å². The fraction of sp³-hybridized carbons (Fsp3) is 0.516. The summed E-state index contributed by atoms with van der Waals surface area (Å²) in [6.07, 6.45) is -2.70. The summed E-state index contributed by atoms with van der Waals surface area (Å²) in [5.74, 6) is -0.498. The number of aromatic nitrogens is 3. The van der Waals surface area contributed by atoms with Gasteiger partial charge in [-0.25, -0.2) is 14.8 Å². The SMILES string of the molecule is Cc1nc2c(=O)c(N3CCN(C(=O)OC(C)(C)C)[C@H]4CC[C@@H]43)c3n(c2nc1C)[C@@H](C(=O)Nc1ccc(C(F)(F)F)cc1Cl)CC3. The Hall–Kier alpha value is -3.87. The van der Waals surface area contributed by atoms with Gasteiger partial charge < -0.3 is 24.4 Å². The standard InChI is InChI=1S/C31H34ClF3N6O4/c1-15-16(2)37-27-24(36-15)26(42)25(39-12-13-40(21-9-8-20(21)39)29(44)45-30(3,4)5)22-10-11-23(41(22)27)28(43)38-19-7-6-17(14-18(19)32)31(33,34)35/h6-7,14,20-21,23H,8-13H2,1-5H3,(H,38,43)/t20-,21-,23+/m0/s1. The fourth-order valence-corrected chi connectivity index (χ4v) is 6.72. The quantitative estimate of drug-likeness (QED) is 0.383. The summed E-state index contributed by atoms with van der Waals surface area (Å²) < 4.78 is 46.9. The molecular weight excluding hydrogens is 613 g/mol. The Kier molecular flexibility index (Phi) is 7.53. The summed E-state index contributed by atoms with van der Waals surface area (Å²) in [4.78, 5) is 54.0. The van der Waals surface area contributed by atoms with E-state index >= 15 is 0 Å². The number of aryl methyl sites for hydroxylation is 2. The van der Waals surface area contributed by atoms with Crippen LogP contribution >= 0.6 is 11.6 Å². The predicted octanol–water partition coefficient (Wildman–Crippen LogP) is 5.79. The van der Waals surface area contributed by atoms with E-state index in [1.54, 1.807) is 23.3 Å². The molecule has 240 valence electrons. The lowest BCUT2D eigenvalue weighted by Gasteiger charge is -2.54. The molecule has 14 heteroatoms. The molecule has 45 heavy (non-hydrogen) atoms. The minimum Gasteiger partial charge on any atom is -0.444 e. The Morgan fingerprint density at radius 1 is 1.02 bits per heavy atom. The van der Waals surface area contributed by atoms with E-state index in [0.29, 0.717) is 48.7 Å². The van der Waals surface area contributed by atoms with Gasteiger partial charge in [-0.05, 0) is 78.5 Å². The summed E-state index contributed by atoms with van der Waals surface area (Å²) in [6.45, 7) is 9.75. The summed E-state index contributed by atoms with van der Waals surface area (Å²) in [7, 11) is 0. The molecule has 2 aromatic heterocycles. The van der Waals surface area contributed by atoms with Crippen molar-refractivity contribution in [1.82, 2.24) is 19.4 Å². The third-order valence-corrected chi connectivity index (χ3v) is 9.15. The number of nitrogens with one attached hydrogen (secondary N) is 1. The van der Waals surface area contributed by atoms with Crippen molar-refractivity contribution >= 4 is 46.1 Å². The van der Waals surface area contributed by atoms with Gasteiger partial charge in [-0.2, -0.15) is 13.2 Å². The molecule has 2 fully saturated rings. The number of pyridine rings is 1. The van der Waals surface area contributed by atoms with E-state index in [-0.39, 0.29) is 45.5 Å². The van der Waals surface area contributed by atoms with Crippen LogP contribution in [0.15, 0.2) is 23.0 Å². The van der Waals surface area contributed by atoms with Gasteiger partial charge in [-0.1, -0.05) is 11.6 Å². The molecule has 3 aromatic rings. The second kappa shape index (κ2) is 10.9. The molecule has 10 nitrogen and oxygen atoms in total. The minimum absolute atomic E-state index is 0.0439. The number of rotatable bonds is 3. The highest BCUT2D eigenvalue weighted by molar-refractivity contribution is 6.33. The zero-order valence-electron chi connectivity index (χ0n) is 25.6. The second-order valence-corrected chi connectivity index (χ2v) is 13.3. The van der Waals surface area contributed by atoms with E-state index in [1.807, 2.05) is 25.7 Å². The Labute approximate surface area is 262 Å². The number of hydrogen-bond donors (Lipinski definition) is 1. The molecule has 0 spiro atoms. The number of ether oxygens (including phenoxy) is 1. The van der Waals surface area contributed by atoms with Crippen LogP contribution in [0.3, 0.4) is 0 Å². The number of piperazine rings is 1. The van der Waals surface area contributed by atoms with Gasteiger partial charge >= 0.3 is 12.3 Å². The van der Waals surface area contributed by atoms with E-state index in [4.69, 9.17) is 16.3 Å². The van der Waals surface area contributed by atoms with Crippen LogP contribution < -0.4 is 15.6 Å². The smallest absolute Gasteiger partial charge is 0.416 e. The van der Waals surface area contributed by atoms with Crippen molar-refractivity contribution in [3.8, 4) is 0 Å². The van der Waals surface area contributed by atoms with Crippen LogP contribution in [0.1, 0.15) is 68.7 Å². The van der Waals surface area contributed by atoms with Crippen molar-refractivity contribution in [2.24, 2.45) is 0 Å². The van der Waals surface area contributed by atoms with E-state index in [9.17, 15) is 27.6 Å². The van der Waals surface area contributed by atoms with Crippen LogP contribution in [0, 0.1) is 13.8 Å². The molecule has 1 aliphatic carbocycles. The van der Waals surface area contributed by atoms with E-state index in [1.165, 1.54) is 0 Å². The first-order valence-corrected chi connectivity index (χ1v) is 15.3. The van der Waals surface area contributed by atoms with Gasteiger partial charge in [-0.3, -0.25) is 9.59 Å². The molecule has 3 atom stereocenters. The van der Waals surface area contributed by atoms with Gasteiger partial charge in [0.05, 0.1) is 33.7 Å². The number of carbonyl (C=O) groups excluding carboxylic acids is 2. The number of carbonyl (C=O) groups is 2. The first-order valence-electron chi connectivity index (χ1n) is 14.9. The third kappa shape index (κ3) is 5.49. The number of alkyl halides is 3. The predicted molar refractivity (Wildman–Crippen MR) is 163 cm³/mol. The highest BCUT2D eigenvalue weighted by Crippen LogP contribution is 2.42. The van der Waals surface area contributed by atoms with Gasteiger partial charge in [0.25, 0.3) is 0 Å². The third-order valence-electron chi connectivity index (χ3n) is 8.83. The summed E-state index contributed by atoms with van der Waals surface area (Å²) >= 11 is 6.14. The van der Waals surface area contributed by atoms with Gasteiger partial charge in [0.15, 0.2) is 11.2 Å². The fourth-order valence-electron chi connectivity index (χ4n) is 6.49. The van der Waals surface area contributed by atoms with Crippen molar-refractivity contribution in [3.05, 3.63) is 56.1 Å². The second-order valence-electron chi connectivity index (χ2n) is 12.9. The zero-order valence-corrected chi connectivity index (χ0v) is 26.3. The molecule has 1 saturated heterocycles. The first kappa shape index (κ1) is 31.1. The van der Waals surface area contributed by atoms with Gasteiger partial charge in [-0.15, -0.1) is 0 Å². The average Bonchev–Trinajstić information content (AvgIpc) is 3.35. The molecule has 0 unspecified atom stereocenters. The number of fused-ring (bicyclic) bond motifs is 4. The molecule has 6 rings (SSSR count). The lowest BCUT2D eigenvalue weighted by Crippen LogP contribution is -2.67. The van der Waals surface area contributed by atoms with Crippen LogP contribution in [0.25, 0.3) is 11.2 Å². The van der Waals surface area contributed by atoms with Crippen LogP contribution in [-0.4, -0.2) is 62.2 Å². The van der Waals surface area contributed by atoms with Crippen molar-refractivity contribution in [2.45, 2.75) is 90.2 Å². The van der Waals surface area contributed by atoms with Crippen molar-refractivity contribution in [3.63, 3.8) is 0 Å². The van der Waals surface area contributed by atoms with Gasteiger partial charge in [0, 0.05) is 24.8 Å². The molecule has 1 saturated carbocycles. The van der Waals surface area contributed by atoms with Crippen LogP contribution in [0.5, 0.6) is 0 Å². The normalized spacial score (nSPS) is 21.3. The maximum atomic E-state index is 14.2. The maximum absolute atomic E-state index is 14.2. The van der Waals surface area contributed by atoms with Crippen LogP contribution in [-0.2, 0) is 22.1 Å². The van der Waals surface area contributed by atoms with Crippen LogP contribution in [0.4, 0.5) is 29.3 Å². The number of halogens is 4. The topological polar surface area (TPSA) is 110 Å². The summed E-state index contributed by atoms with van der Waals surface area (Å²) in [6, 6.07) is 1.70. The number of benzene rings is 1. The lowest BCUT2D eigenvalue weighted by molar-refractivity contribution is -0.137. The monoisotopic (exact) mass is 646 g/mol. The number of nitrogens with zero attached hydrogens (tertiary/aromatic N) is 5. The molecule has 4 heterocycles. The van der Waals surface area contributed by atoms with E-state index < -0.39 is 29.3 Å². The largest absolute Gasteiger partial charge is 0.444 e. The summed E-state index contributed by atoms with van der Waals surface area (Å²) in [5, 5.41) is 2.44. The average molecular weight is 647 g/mol. The van der Waals surface area contributed by atoms with Crippen LogP contribution in [0.2, 0.25) is 5.02 Å². The highest BCUT2D eigenvalue weighted by atomic mass is 35.5.